The van der Waals surface area contributed by atoms with E-state index in [1.165, 1.54) is 11.6 Å². The van der Waals surface area contributed by atoms with E-state index in [1.54, 1.807) is 14.2 Å². The molecule has 0 radical (unpaired) electrons. The smallest absolute Gasteiger partial charge is 0.332 e. The molecule has 8 nitrogen and oxygen atoms in total. The number of benzene rings is 1. The van der Waals surface area contributed by atoms with Crippen LogP contribution in [0.2, 0.25) is 0 Å². The van der Waals surface area contributed by atoms with Gasteiger partial charge in [0.05, 0.1) is 19.6 Å². The molecule has 1 aromatic carbocycles. The minimum atomic E-state index is -0.401. The molecule has 1 aliphatic rings. The highest BCUT2D eigenvalue weighted by Crippen LogP contribution is 2.37. The molecule has 0 saturated carbocycles. The molecular weight excluding hydrogens is 324 g/mol. The van der Waals surface area contributed by atoms with Crippen molar-refractivity contribution in [2.45, 2.75) is 12.3 Å². The Morgan fingerprint density at radius 3 is 2.84 bits per heavy atom. The highest BCUT2D eigenvalue weighted by molar-refractivity contribution is 5.70. The van der Waals surface area contributed by atoms with Crippen molar-refractivity contribution < 1.29 is 9.47 Å². The average molecular weight is 342 g/mol. The summed E-state index contributed by atoms with van der Waals surface area (Å²) in [5.74, 6) is 2.14. The Kier molecular flexibility index (Phi) is 3.41. The van der Waals surface area contributed by atoms with Crippen molar-refractivity contribution in [3.63, 3.8) is 0 Å². The predicted molar refractivity (Wildman–Crippen MR) is 91.5 cm³/mol. The van der Waals surface area contributed by atoms with Crippen LogP contribution >= 0.6 is 0 Å². The normalized spacial score (nSPS) is 16.5. The van der Waals surface area contributed by atoms with Gasteiger partial charge < -0.3 is 14.5 Å². The lowest BCUT2D eigenvalue weighted by Gasteiger charge is -2.25. The first-order valence-electron chi connectivity index (χ1n) is 7.95. The van der Waals surface area contributed by atoms with Crippen LogP contribution in [-0.4, -0.2) is 32.8 Å². The molecule has 2 aromatic heterocycles. The number of ether oxygens (including phenoxy) is 2. The Morgan fingerprint density at radius 1 is 1.28 bits per heavy atom. The molecular formula is C17H18N4O4. The van der Waals surface area contributed by atoms with Crippen LogP contribution < -0.4 is 20.7 Å². The van der Waals surface area contributed by atoms with Crippen LogP contribution in [0.3, 0.4) is 0 Å². The van der Waals surface area contributed by atoms with Crippen molar-refractivity contribution in [1.29, 1.82) is 0 Å². The van der Waals surface area contributed by atoms with Crippen LogP contribution in [0, 0.1) is 0 Å². The zero-order valence-corrected chi connectivity index (χ0v) is 14.2. The molecule has 0 fully saturated rings. The Bertz CT molecular complexity index is 1080. The van der Waals surface area contributed by atoms with Gasteiger partial charge in [-0.2, -0.15) is 0 Å². The van der Waals surface area contributed by atoms with Crippen molar-refractivity contribution in [2.75, 3.05) is 13.7 Å². The Morgan fingerprint density at radius 2 is 2.08 bits per heavy atom. The maximum atomic E-state index is 12.3. The molecule has 3 heterocycles. The maximum absolute atomic E-state index is 12.3. The van der Waals surface area contributed by atoms with Crippen molar-refractivity contribution in [2.24, 2.45) is 14.1 Å². The van der Waals surface area contributed by atoms with Gasteiger partial charge in [0.1, 0.15) is 22.8 Å². The summed E-state index contributed by atoms with van der Waals surface area (Å²) in [4.78, 5) is 32.0. The standard InChI is InChI=1S/C17H18N4O4/c1-20-15-13(16(22)21(2)17(20)23)18-14(19-15)9-7-10-11(24-3)5-4-6-12(10)25-8-9/h4-6,9H,7-8H2,1-3H3,(H,18,19). The minimum absolute atomic E-state index is 0.0593. The summed E-state index contributed by atoms with van der Waals surface area (Å²) in [6, 6.07) is 5.69. The number of hydrogen-bond donors (Lipinski definition) is 1. The number of hydrogen-bond acceptors (Lipinski definition) is 5. The molecule has 1 unspecified atom stereocenters. The molecule has 0 saturated heterocycles. The molecule has 1 atom stereocenters. The lowest BCUT2D eigenvalue weighted by Crippen LogP contribution is -2.36. The van der Waals surface area contributed by atoms with Crippen molar-refractivity contribution in [1.82, 2.24) is 19.1 Å². The molecule has 1 aliphatic heterocycles. The van der Waals surface area contributed by atoms with E-state index in [1.807, 2.05) is 18.2 Å². The topological polar surface area (TPSA) is 91.1 Å². The van der Waals surface area contributed by atoms with Gasteiger partial charge in [-0.1, -0.05) is 6.07 Å². The zero-order chi connectivity index (χ0) is 17.7. The van der Waals surface area contributed by atoms with Crippen molar-refractivity contribution >= 4 is 11.2 Å². The van der Waals surface area contributed by atoms with Gasteiger partial charge in [-0.15, -0.1) is 0 Å². The summed E-state index contributed by atoms with van der Waals surface area (Å²) in [6.07, 6.45) is 0.674. The molecule has 130 valence electrons. The van der Waals surface area contributed by atoms with Gasteiger partial charge in [0.15, 0.2) is 5.65 Å². The zero-order valence-electron chi connectivity index (χ0n) is 14.2. The number of nitrogens with zero attached hydrogens (tertiary/aromatic N) is 3. The number of nitrogens with one attached hydrogen (secondary N) is 1. The van der Waals surface area contributed by atoms with Gasteiger partial charge in [0, 0.05) is 19.7 Å². The summed E-state index contributed by atoms with van der Waals surface area (Å²) in [7, 11) is 4.68. The SMILES string of the molecule is COc1cccc2c1CC(c1nc3c([nH]1)c(=O)n(C)c(=O)n3C)CO2. The molecule has 1 N–H and O–H groups in total. The van der Waals surface area contributed by atoms with E-state index in [-0.39, 0.29) is 11.5 Å². The van der Waals surface area contributed by atoms with Crippen LogP contribution in [0.15, 0.2) is 27.8 Å². The molecule has 4 rings (SSSR count). The van der Waals surface area contributed by atoms with E-state index >= 15 is 0 Å². The van der Waals surface area contributed by atoms with Gasteiger partial charge in [-0.3, -0.25) is 13.9 Å². The summed E-state index contributed by atoms with van der Waals surface area (Å²) >= 11 is 0. The third-order valence-corrected chi connectivity index (χ3v) is 4.70. The third kappa shape index (κ3) is 2.25. The van der Waals surface area contributed by atoms with E-state index in [4.69, 9.17) is 9.47 Å². The molecule has 0 spiro atoms. The van der Waals surface area contributed by atoms with Crippen LogP contribution in [0.5, 0.6) is 11.5 Å². The number of rotatable bonds is 2. The number of H-pyrrole nitrogens is 1. The second-order valence-corrected chi connectivity index (χ2v) is 6.18. The summed E-state index contributed by atoms with van der Waals surface area (Å²) in [6.45, 7) is 0.439. The summed E-state index contributed by atoms with van der Waals surface area (Å²) < 4.78 is 13.7. The third-order valence-electron chi connectivity index (χ3n) is 4.70. The predicted octanol–water partition coefficient (Wildman–Crippen LogP) is 0.688. The average Bonchev–Trinajstić information content (AvgIpc) is 3.09. The Labute approximate surface area is 142 Å². The maximum Gasteiger partial charge on any atom is 0.332 e. The highest BCUT2D eigenvalue weighted by Gasteiger charge is 2.27. The van der Waals surface area contributed by atoms with Gasteiger partial charge in [-0.25, -0.2) is 9.78 Å². The number of methoxy groups -OCH3 is 1. The fourth-order valence-electron chi connectivity index (χ4n) is 3.28. The number of aromatic nitrogens is 4. The molecule has 3 aromatic rings. The summed E-state index contributed by atoms with van der Waals surface area (Å²) in [5, 5.41) is 0. The van der Waals surface area contributed by atoms with Gasteiger partial charge in [0.2, 0.25) is 0 Å². The highest BCUT2D eigenvalue weighted by atomic mass is 16.5. The van der Waals surface area contributed by atoms with Crippen LogP contribution in [0.25, 0.3) is 11.2 Å². The van der Waals surface area contributed by atoms with Crippen molar-refractivity contribution in [3.05, 3.63) is 50.4 Å². The second-order valence-electron chi connectivity index (χ2n) is 6.18. The molecule has 0 amide bonds. The quantitative estimate of drug-likeness (QED) is 0.740. The first kappa shape index (κ1) is 15.5. The van der Waals surface area contributed by atoms with Crippen molar-refractivity contribution in [3.8, 4) is 11.5 Å². The van der Waals surface area contributed by atoms with Crippen LogP contribution in [0.1, 0.15) is 17.3 Å². The number of imidazole rings is 1. The molecule has 0 bridgehead atoms. The Balaban J connectivity index is 1.81. The monoisotopic (exact) mass is 342 g/mol. The fourth-order valence-corrected chi connectivity index (χ4v) is 3.28. The van der Waals surface area contributed by atoms with Crippen LogP contribution in [0.4, 0.5) is 0 Å². The van der Waals surface area contributed by atoms with E-state index in [0.717, 1.165) is 21.6 Å². The lowest BCUT2D eigenvalue weighted by molar-refractivity contribution is 0.253. The van der Waals surface area contributed by atoms with E-state index in [2.05, 4.69) is 9.97 Å². The number of fused-ring (bicyclic) bond motifs is 2. The van der Waals surface area contributed by atoms with Gasteiger partial charge in [0.25, 0.3) is 5.56 Å². The summed E-state index contributed by atoms with van der Waals surface area (Å²) in [5.41, 5.74) is 0.872. The molecule has 25 heavy (non-hydrogen) atoms. The number of aryl methyl sites for hydroxylation is 1. The largest absolute Gasteiger partial charge is 0.496 e. The first-order chi connectivity index (χ1) is 12.0. The fraction of sp³-hybridized carbons (Fsp3) is 0.353. The van der Waals surface area contributed by atoms with E-state index in [0.29, 0.717) is 30.0 Å². The molecule has 0 aliphatic carbocycles. The van der Waals surface area contributed by atoms with Gasteiger partial charge in [-0.05, 0) is 18.6 Å². The minimum Gasteiger partial charge on any atom is -0.496 e. The van der Waals surface area contributed by atoms with E-state index in [9.17, 15) is 9.59 Å². The number of aromatic amines is 1. The Hall–Kier alpha value is -3.03. The van der Waals surface area contributed by atoms with Gasteiger partial charge >= 0.3 is 5.69 Å². The van der Waals surface area contributed by atoms with Crippen LogP contribution in [-0.2, 0) is 20.5 Å². The first-order valence-corrected chi connectivity index (χ1v) is 7.95. The molecule has 8 heteroatoms. The lowest BCUT2D eigenvalue weighted by atomic mass is 9.95. The van der Waals surface area contributed by atoms with E-state index < -0.39 is 5.69 Å². The second kappa shape index (κ2) is 5.51.